The van der Waals surface area contributed by atoms with Crippen molar-refractivity contribution in [2.24, 2.45) is 23.0 Å². The third-order valence-corrected chi connectivity index (χ3v) is 6.61. The second-order valence-electron chi connectivity index (χ2n) is 8.38. The molecule has 25 heavy (non-hydrogen) atoms. The summed E-state index contributed by atoms with van der Waals surface area (Å²) in [4.78, 5) is 14.5. The van der Waals surface area contributed by atoms with Crippen LogP contribution in [0.15, 0.2) is 24.3 Å². The summed E-state index contributed by atoms with van der Waals surface area (Å²) < 4.78 is 5.66. The smallest absolute Gasteiger partial charge is 0.294 e. The Labute approximate surface area is 147 Å². The molecule has 2 N–H and O–H groups in total. The normalized spacial score (nSPS) is 35.6. The van der Waals surface area contributed by atoms with Crippen LogP contribution in [0.4, 0.5) is 0 Å². The first-order chi connectivity index (χ1) is 12.0. The minimum atomic E-state index is -0.790. The molecule has 6 nitrogen and oxygen atoms in total. The summed E-state index contributed by atoms with van der Waals surface area (Å²) in [5.41, 5.74) is 8.13. The molecule has 0 aliphatic heterocycles. The predicted molar refractivity (Wildman–Crippen MR) is 92.7 cm³/mol. The molecule has 2 unspecified atom stereocenters. The van der Waals surface area contributed by atoms with Gasteiger partial charge in [-0.25, -0.2) is 0 Å². The second kappa shape index (κ2) is 6.16. The molecular formula is C19H26N2O4. The number of hydrogen-bond donors (Lipinski definition) is 1. The van der Waals surface area contributed by atoms with Crippen molar-refractivity contribution in [3.8, 4) is 5.75 Å². The zero-order valence-corrected chi connectivity index (χ0v) is 14.5. The predicted octanol–water partition coefficient (Wildman–Crippen LogP) is 3.07. The number of ether oxygens (including phenoxy) is 1. The quantitative estimate of drug-likeness (QED) is 0.466. The summed E-state index contributed by atoms with van der Waals surface area (Å²) in [5.74, 6) is 2.38. The van der Waals surface area contributed by atoms with Crippen LogP contribution in [0.3, 0.4) is 0 Å². The summed E-state index contributed by atoms with van der Waals surface area (Å²) in [6.45, 7) is 0.925. The molecule has 1 aromatic carbocycles. The second-order valence-corrected chi connectivity index (χ2v) is 8.38. The lowest BCUT2D eigenvalue weighted by Crippen LogP contribution is -2.56. The zero-order chi connectivity index (χ0) is 17.5. The van der Waals surface area contributed by atoms with Crippen LogP contribution >= 0.6 is 0 Å². The van der Waals surface area contributed by atoms with Crippen molar-refractivity contribution in [2.75, 3.05) is 19.8 Å². The van der Waals surface area contributed by atoms with Crippen molar-refractivity contribution in [1.29, 1.82) is 0 Å². The van der Waals surface area contributed by atoms with Gasteiger partial charge >= 0.3 is 0 Å². The Hall–Kier alpha value is -1.82. The van der Waals surface area contributed by atoms with Gasteiger partial charge in [-0.05, 0) is 85.4 Å². The van der Waals surface area contributed by atoms with E-state index in [0.717, 1.165) is 24.1 Å². The molecule has 0 radical (unpaired) electrons. The number of hydrogen-bond acceptors (Lipinski definition) is 5. The summed E-state index contributed by atoms with van der Waals surface area (Å²) in [6.07, 6.45) is 7.69. The van der Waals surface area contributed by atoms with Crippen molar-refractivity contribution < 1.29 is 14.7 Å². The molecule has 0 aromatic heterocycles. The lowest BCUT2D eigenvalue weighted by molar-refractivity contribution is -0.757. The topological polar surface area (TPSA) is 87.6 Å². The average molecular weight is 346 g/mol. The lowest BCUT2D eigenvalue weighted by Gasteiger charge is -2.62. The van der Waals surface area contributed by atoms with E-state index in [1.165, 1.54) is 44.1 Å². The Bertz CT molecular complexity index is 649. The molecule has 4 aliphatic rings. The fraction of sp³-hybridized carbons (Fsp3) is 0.684. The molecule has 2 atom stereocenters. The number of rotatable bonds is 7. The van der Waals surface area contributed by atoms with Gasteiger partial charge in [-0.2, -0.15) is 0 Å². The van der Waals surface area contributed by atoms with Gasteiger partial charge in [0.25, 0.3) is 5.09 Å². The van der Waals surface area contributed by atoms with Crippen LogP contribution in [0.25, 0.3) is 0 Å². The van der Waals surface area contributed by atoms with E-state index in [1.807, 2.05) is 12.1 Å². The van der Waals surface area contributed by atoms with Crippen molar-refractivity contribution in [3.63, 3.8) is 0 Å². The van der Waals surface area contributed by atoms with E-state index in [0.29, 0.717) is 5.41 Å². The maximum absolute atomic E-state index is 10.2. The van der Waals surface area contributed by atoms with Gasteiger partial charge in [0.15, 0.2) is 0 Å². The molecule has 4 bridgehead atoms. The SMILES string of the molecule is NCC12CC3CC(C1)CC(c1cccc(OCCO[N+](=O)[O-])c1)(C3)C2. The van der Waals surface area contributed by atoms with Gasteiger partial charge in [0, 0.05) is 0 Å². The van der Waals surface area contributed by atoms with E-state index >= 15 is 0 Å². The highest BCUT2D eigenvalue weighted by molar-refractivity contribution is 5.36. The van der Waals surface area contributed by atoms with Crippen molar-refractivity contribution in [2.45, 2.75) is 43.9 Å². The van der Waals surface area contributed by atoms with Crippen molar-refractivity contribution >= 4 is 0 Å². The minimum absolute atomic E-state index is 0.0528. The van der Waals surface area contributed by atoms with Gasteiger partial charge in [-0.1, -0.05) is 12.1 Å². The van der Waals surface area contributed by atoms with Gasteiger partial charge in [-0.3, -0.25) is 0 Å². The summed E-state index contributed by atoms with van der Waals surface area (Å²) in [6, 6.07) is 8.29. The van der Waals surface area contributed by atoms with E-state index < -0.39 is 5.09 Å². The fourth-order valence-electron chi connectivity index (χ4n) is 6.22. The van der Waals surface area contributed by atoms with Gasteiger partial charge in [0.1, 0.15) is 19.0 Å². The average Bonchev–Trinajstić information content (AvgIpc) is 2.58. The summed E-state index contributed by atoms with van der Waals surface area (Å²) in [5, 5.41) is 9.41. The molecule has 4 saturated carbocycles. The first kappa shape index (κ1) is 16.6. The fourth-order valence-corrected chi connectivity index (χ4v) is 6.22. The van der Waals surface area contributed by atoms with Crippen LogP contribution in [0, 0.1) is 27.4 Å². The van der Waals surface area contributed by atoms with Gasteiger partial charge < -0.3 is 15.3 Å². The third kappa shape index (κ3) is 3.08. The Balaban J connectivity index is 1.51. The molecule has 136 valence electrons. The summed E-state index contributed by atoms with van der Waals surface area (Å²) in [7, 11) is 0. The molecule has 0 spiro atoms. The first-order valence-corrected chi connectivity index (χ1v) is 9.23. The standard InChI is InChI=1S/C19H26N2O4/c20-13-18-8-14-6-15(9-18)11-19(10-14,12-18)16-2-1-3-17(7-16)24-4-5-25-21(22)23/h1-3,7,14-15H,4-6,8-13,20H2. The Morgan fingerprint density at radius 1 is 1.20 bits per heavy atom. The number of nitrogens with two attached hydrogens (primary N) is 1. The zero-order valence-electron chi connectivity index (χ0n) is 14.5. The van der Waals surface area contributed by atoms with E-state index in [-0.39, 0.29) is 18.6 Å². The van der Waals surface area contributed by atoms with Crippen LogP contribution in [-0.2, 0) is 10.3 Å². The Kier molecular flexibility index (Phi) is 4.10. The highest BCUT2D eigenvalue weighted by Crippen LogP contribution is 2.65. The molecule has 1 aromatic rings. The summed E-state index contributed by atoms with van der Waals surface area (Å²) >= 11 is 0. The number of benzene rings is 1. The molecule has 6 heteroatoms. The van der Waals surface area contributed by atoms with Crippen LogP contribution < -0.4 is 10.5 Å². The molecule has 0 amide bonds. The monoisotopic (exact) mass is 346 g/mol. The van der Waals surface area contributed by atoms with Crippen LogP contribution in [0.2, 0.25) is 0 Å². The molecule has 0 saturated heterocycles. The van der Waals surface area contributed by atoms with E-state index in [2.05, 4.69) is 17.0 Å². The Morgan fingerprint density at radius 3 is 2.64 bits per heavy atom. The molecule has 4 aliphatic carbocycles. The maximum Gasteiger partial charge on any atom is 0.294 e. The largest absolute Gasteiger partial charge is 0.492 e. The lowest BCUT2D eigenvalue weighted by atomic mass is 9.43. The third-order valence-electron chi connectivity index (χ3n) is 6.61. The van der Waals surface area contributed by atoms with E-state index in [9.17, 15) is 10.1 Å². The van der Waals surface area contributed by atoms with Crippen LogP contribution in [0.1, 0.15) is 44.1 Å². The highest BCUT2D eigenvalue weighted by atomic mass is 17.0. The van der Waals surface area contributed by atoms with E-state index in [4.69, 9.17) is 10.5 Å². The first-order valence-electron chi connectivity index (χ1n) is 9.23. The minimum Gasteiger partial charge on any atom is -0.492 e. The Morgan fingerprint density at radius 2 is 1.96 bits per heavy atom. The van der Waals surface area contributed by atoms with Crippen molar-refractivity contribution in [1.82, 2.24) is 0 Å². The van der Waals surface area contributed by atoms with Gasteiger partial charge in [0.05, 0.1) is 0 Å². The van der Waals surface area contributed by atoms with Crippen LogP contribution in [-0.4, -0.2) is 24.8 Å². The highest BCUT2D eigenvalue weighted by Gasteiger charge is 2.57. The van der Waals surface area contributed by atoms with Gasteiger partial charge in [-0.15, -0.1) is 10.1 Å². The molecule has 5 rings (SSSR count). The molecule has 0 heterocycles. The van der Waals surface area contributed by atoms with Crippen LogP contribution in [0.5, 0.6) is 5.75 Å². The molecular weight excluding hydrogens is 320 g/mol. The van der Waals surface area contributed by atoms with Crippen molar-refractivity contribution in [3.05, 3.63) is 39.9 Å². The maximum atomic E-state index is 10.2. The van der Waals surface area contributed by atoms with Gasteiger partial charge in [0.2, 0.25) is 0 Å². The van der Waals surface area contributed by atoms with E-state index in [1.54, 1.807) is 0 Å². The number of nitrogens with zero attached hydrogens (tertiary/aromatic N) is 1. The molecule has 4 fully saturated rings.